The third kappa shape index (κ3) is 1.60. The first-order valence-electron chi connectivity index (χ1n) is 5.84. The number of nitrogens with one attached hydrogen (secondary N) is 1. The van der Waals surface area contributed by atoms with E-state index < -0.39 is 0 Å². The van der Waals surface area contributed by atoms with Crippen molar-refractivity contribution in [1.82, 2.24) is 15.4 Å². The van der Waals surface area contributed by atoms with Crippen LogP contribution in [0.25, 0.3) is 0 Å². The summed E-state index contributed by atoms with van der Waals surface area (Å²) in [5, 5.41) is 11.1. The Kier molecular flexibility index (Phi) is 2.38. The van der Waals surface area contributed by atoms with Gasteiger partial charge in [0.2, 0.25) is 0 Å². The largest absolute Gasteiger partial charge is 0.468 e. The number of H-pyrrole nitrogens is 1. The fourth-order valence-corrected chi connectivity index (χ4v) is 3.06. The fourth-order valence-electron chi connectivity index (χ4n) is 3.06. The minimum atomic E-state index is 0.554. The number of rotatable bonds is 3. The molecule has 1 aromatic rings. The Morgan fingerprint density at radius 2 is 1.88 bits per heavy atom. The van der Waals surface area contributed by atoms with Crippen LogP contribution in [-0.4, -0.2) is 28.5 Å². The maximum Gasteiger partial charge on any atom is 0.293 e. The van der Waals surface area contributed by atoms with Gasteiger partial charge in [-0.1, -0.05) is 0 Å². The predicted molar refractivity (Wildman–Crippen MR) is 55.5 cm³/mol. The Hall–Kier alpha value is -1.39. The molecule has 0 aromatic carbocycles. The van der Waals surface area contributed by atoms with Gasteiger partial charge in [-0.3, -0.25) is 4.79 Å². The van der Waals surface area contributed by atoms with Crippen LogP contribution < -0.4 is 0 Å². The van der Waals surface area contributed by atoms with Crippen molar-refractivity contribution in [3.63, 3.8) is 0 Å². The average molecular weight is 221 g/mol. The Balaban J connectivity index is 1.64. The summed E-state index contributed by atoms with van der Waals surface area (Å²) >= 11 is 0. The molecule has 86 valence electrons. The minimum Gasteiger partial charge on any atom is -0.468 e. The Morgan fingerprint density at radius 3 is 2.44 bits per heavy atom. The molecule has 0 bridgehead atoms. The molecule has 0 aliphatic heterocycles. The molecule has 1 heterocycles. The van der Waals surface area contributed by atoms with Crippen molar-refractivity contribution in [3.05, 3.63) is 11.4 Å². The Labute approximate surface area is 93.6 Å². The van der Waals surface area contributed by atoms with Gasteiger partial charge in [0, 0.05) is 0 Å². The summed E-state index contributed by atoms with van der Waals surface area (Å²) in [4.78, 5) is 10.2. The molecular weight excluding hydrogens is 206 g/mol. The highest BCUT2D eigenvalue weighted by atomic mass is 16.5. The topological polar surface area (TPSA) is 67.9 Å². The third-order valence-corrected chi connectivity index (χ3v) is 4.00. The molecule has 1 fully saturated rings. The lowest BCUT2D eigenvalue weighted by Crippen LogP contribution is -2.00. The van der Waals surface area contributed by atoms with Crippen molar-refractivity contribution in [2.24, 2.45) is 17.8 Å². The molecule has 2 unspecified atom stereocenters. The third-order valence-electron chi connectivity index (χ3n) is 4.00. The number of ether oxygens (including phenoxy) is 1. The van der Waals surface area contributed by atoms with Gasteiger partial charge in [-0.2, -0.15) is 15.4 Å². The molecule has 0 amide bonds. The van der Waals surface area contributed by atoms with Gasteiger partial charge in [0.25, 0.3) is 6.47 Å². The van der Waals surface area contributed by atoms with Crippen LogP contribution in [0.2, 0.25) is 0 Å². The smallest absolute Gasteiger partial charge is 0.293 e. The SMILES string of the molecule is O=COCC1C2CCc3n[nH]nc3CCC21. The normalized spacial score (nSPS) is 31.9. The first-order chi connectivity index (χ1) is 7.90. The van der Waals surface area contributed by atoms with E-state index in [1.54, 1.807) is 0 Å². The van der Waals surface area contributed by atoms with Gasteiger partial charge in [0.15, 0.2) is 0 Å². The van der Waals surface area contributed by atoms with Crippen molar-refractivity contribution in [2.75, 3.05) is 6.61 Å². The predicted octanol–water partition coefficient (Wildman–Crippen LogP) is 0.719. The average Bonchev–Trinajstić information content (AvgIpc) is 2.71. The Morgan fingerprint density at radius 1 is 1.25 bits per heavy atom. The molecule has 1 aromatic heterocycles. The van der Waals surface area contributed by atoms with E-state index in [1.807, 2.05) is 0 Å². The number of nitrogens with zero attached hydrogens (tertiary/aromatic N) is 2. The van der Waals surface area contributed by atoms with Crippen molar-refractivity contribution >= 4 is 6.47 Å². The molecule has 3 rings (SSSR count). The second-order valence-corrected chi connectivity index (χ2v) is 4.72. The van der Waals surface area contributed by atoms with Gasteiger partial charge in [-0.15, -0.1) is 0 Å². The van der Waals surface area contributed by atoms with Crippen LogP contribution in [0.1, 0.15) is 24.2 Å². The quantitative estimate of drug-likeness (QED) is 0.764. The zero-order chi connectivity index (χ0) is 11.0. The molecule has 16 heavy (non-hydrogen) atoms. The monoisotopic (exact) mass is 221 g/mol. The van der Waals surface area contributed by atoms with Crippen LogP contribution in [0, 0.1) is 17.8 Å². The molecule has 2 aliphatic rings. The summed E-state index contributed by atoms with van der Waals surface area (Å²) in [7, 11) is 0. The minimum absolute atomic E-state index is 0.554. The van der Waals surface area contributed by atoms with Gasteiger partial charge in [0.05, 0.1) is 18.0 Å². The molecule has 1 saturated carbocycles. The molecule has 0 spiro atoms. The van der Waals surface area contributed by atoms with Gasteiger partial charge in [-0.25, -0.2) is 0 Å². The number of aromatic amines is 1. The van der Waals surface area contributed by atoms with Gasteiger partial charge in [-0.05, 0) is 43.4 Å². The van der Waals surface area contributed by atoms with E-state index in [0.29, 0.717) is 19.0 Å². The van der Waals surface area contributed by atoms with E-state index in [2.05, 4.69) is 15.4 Å². The van der Waals surface area contributed by atoms with Crippen molar-refractivity contribution in [3.8, 4) is 0 Å². The lowest BCUT2D eigenvalue weighted by Gasteiger charge is -2.04. The first kappa shape index (κ1) is 9.81. The summed E-state index contributed by atoms with van der Waals surface area (Å²) in [5.74, 6) is 2.03. The summed E-state index contributed by atoms with van der Waals surface area (Å²) < 4.78 is 4.87. The summed E-state index contributed by atoms with van der Waals surface area (Å²) in [6, 6.07) is 0. The lowest BCUT2D eigenvalue weighted by molar-refractivity contribution is -0.129. The van der Waals surface area contributed by atoms with E-state index in [9.17, 15) is 4.79 Å². The molecule has 1 N–H and O–H groups in total. The number of carbonyl (C=O) groups excluding carboxylic acids is 1. The van der Waals surface area contributed by atoms with E-state index in [4.69, 9.17) is 4.74 Å². The van der Waals surface area contributed by atoms with Crippen LogP contribution in [0.5, 0.6) is 0 Å². The molecule has 2 atom stereocenters. The highest BCUT2D eigenvalue weighted by molar-refractivity contribution is 5.37. The van der Waals surface area contributed by atoms with E-state index in [1.165, 1.54) is 0 Å². The van der Waals surface area contributed by atoms with Crippen LogP contribution in [0.4, 0.5) is 0 Å². The van der Waals surface area contributed by atoms with Gasteiger partial charge >= 0.3 is 0 Å². The van der Waals surface area contributed by atoms with Crippen molar-refractivity contribution < 1.29 is 9.53 Å². The molecule has 0 saturated heterocycles. The second kappa shape index (κ2) is 3.88. The van der Waals surface area contributed by atoms with Crippen molar-refractivity contribution in [2.45, 2.75) is 25.7 Å². The first-order valence-corrected chi connectivity index (χ1v) is 5.84. The number of hydrogen-bond donors (Lipinski definition) is 1. The van der Waals surface area contributed by atoms with E-state index in [-0.39, 0.29) is 0 Å². The highest BCUT2D eigenvalue weighted by Crippen LogP contribution is 2.52. The fraction of sp³-hybridized carbons (Fsp3) is 0.727. The second-order valence-electron chi connectivity index (χ2n) is 4.72. The van der Waals surface area contributed by atoms with Crippen LogP contribution in [-0.2, 0) is 22.4 Å². The van der Waals surface area contributed by atoms with Crippen molar-refractivity contribution in [1.29, 1.82) is 0 Å². The molecule has 5 heteroatoms. The van der Waals surface area contributed by atoms with Crippen LogP contribution in [0.3, 0.4) is 0 Å². The number of aromatic nitrogens is 3. The Bertz CT molecular complexity index is 362. The lowest BCUT2D eigenvalue weighted by atomic mass is 10.0. The highest BCUT2D eigenvalue weighted by Gasteiger charge is 2.49. The number of aryl methyl sites for hydroxylation is 2. The number of fused-ring (bicyclic) bond motifs is 2. The van der Waals surface area contributed by atoms with Crippen LogP contribution in [0.15, 0.2) is 0 Å². The molecule has 0 radical (unpaired) electrons. The number of hydrogen-bond acceptors (Lipinski definition) is 4. The van der Waals surface area contributed by atoms with E-state index >= 15 is 0 Å². The summed E-state index contributed by atoms with van der Waals surface area (Å²) in [6.07, 6.45) is 4.31. The summed E-state index contributed by atoms with van der Waals surface area (Å²) in [6.45, 7) is 1.15. The van der Waals surface area contributed by atoms with Gasteiger partial charge < -0.3 is 4.74 Å². The maximum atomic E-state index is 10.2. The maximum absolute atomic E-state index is 10.2. The zero-order valence-electron chi connectivity index (χ0n) is 9.06. The van der Waals surface area contributed by atoms with Gasteiger partial charge in [0.1, 0.15) is 0 Å². The number of carbonyl (C=O) groups is 1. The molecular formula is C11H15N3O2. The standard InChI is InChI=1S/C11H15N3O2/c15-6-16-5-9-7-1-3-10-11(13-14-12-10)4-2-8(7)9/h6-9H,1-5H2,(H,12,13,14). The summed E-state index contributed by atoms with van der Waals surface area (Å²) in [5.41, 5.74) is 2.25. The zero-order valence-corrected chi connectivity index (χ0v) is 9.06. The van der Waals surface area contributed by atoms with Crippen LogP contribution >= 0.6 is 0 Å². The van der Waals surface area contributed by atoms with E-state index in [0.717, 1.165) is 48.9 Å². The molecule has 5 nitrogen and oxygen atoms in total. The molecule has 2 aliphatic carbocycles.